The first-order chi connectivity index (χ1) is 9.55. The van der Waals surface area contributed by atoms with E-state index in [1.165, 1.54) is 0 Å². The van der Waals surface area contributed by atoms with E-state index in [-0.39, 0.29) is 11.8 Å². The molecule has 0 saturated carbocycles. The number of ether oxygens (including phenoxy) is 1. The molecule has 1 aliphatic heterocycles. The molecular formula is C14H22N2O3S. The van der Waals surface area contributed by atoms with Crippen LogP contribution in [-0.4, -0.2) is 58.0 Å². The van der Waals surface area contributed by atoms with Gasteiger partial charge in [-0.15, -0.1) is 0 Å². The Labute approximate surface area is 121 Å². The Bertz CT molecular complexity index is 503. The Kier molecular flexibility index (Phi) is 5.54. The summed E-state index contributed by atoms with van der Waals surface area (Å²) in [6, 6.07) is -0.265. The standard InChI is InChI=1S/C14H22N2O3S/c1-13-3-2-4-14(6-5-13)15-20(17,18)12-9-16-7-10-19-11-8-16/h2-6,14-15H,7-12H2,1H3. The van der Waals surface area contributed by atoms with Gasteiger partial charge in [0.25, 0.3) is 0 Å². The average molecular weight is 298 g/mol. The van der Waals surface area contributed by atoms with E-state index >= 15 is 0 Å². The third kappa shape index (κ3) is 5.20. The SMILES string of the molecule is CC1=CC=CC(NS(=O)(=O)CCN2CCOCC2)C=C1. The lowest BCUT2D eigenvalue weighted by Crippen LogP contribution is -2.42. The van der Waals surface area contributed by atoms with Crippen LogP contribution < -0.4 is 4.72 Å². The van der Waals surface area contributed by atoms with E-state index in [0.29, 0.717) is 19.8 Å². The third-order valence-corrected chi connectivity index (χ3v) is 4.69. The van der Waals surface area contributed by atoms with Gasteiger partial charge in [-0.25, -0.2) is 13.1 Å². The van der Waals surface area contributed by atoms with Gasteiger partial charge in [-0.05, 0) is 6.92 Å². The molecular weight excluding hydrogens is 276 g/mol. The molecule has 1 unspecified atom stereocenters. The normalized spacial score (nSPS) is 24.4. The minimum Gasteiger partial charge on any atom is -0.379 e. The molecule has 1 fully saturated rings. The second kappa shape index (κ2) is 7.17. The molecule has 1 N–H and O–H groups in total. The van der Waals surface area contributed by atoms with Crippen LogP contribution >= 0.6 is 0 Å². The van der Waals surface area contributed by atoms with Crippen LogP contribution in [0.15, 0.2) is 36.0 Å². The minimum absolute atomic E-state index is 0.123. The van der Waals surface area contributed by atoms with E-state index in [1.807, 2.05) is 37.3 Å². The van der Waals surface area contributed by atoms with E-state index < -0.39 is 10.0 Å². The lowest BCUT2D eigenvalue weighted by Gasteiger charge is -2.26. The van der Waals surface area contributed by atoms with Crippen LogP contribution in [0, 0.1) is 0 Å². The van der Waals surface area contributed by atoms with Crippen LogP contribution in [0.4, 0.5) is 0 Å². The Hall–Kier alpha value is -0.950. The average Bonchev–Trinajstić information content (AvgIpc) is 2.62. The highest BCUT2D eigenvalue weighted by Gasteiger charge is 2.17. The van der Waals surface area contributed by atoms with E-state index in [4.69, 9.17) is 4.74 Å². The van der Waals surface area contributed by atoms with Crippen molar-refractivity contribution < 1.29 is 13.2 Å². The second-order valence-electron chi connectivity index (χ2n) is 5.07. The first-order valence-electron chi connectivity index (χ1n) is 6.88. The predicted octanol–water partition coefficient (Wildman–Crippen LogP) is 0.679. The van der Waals surface area contributed by atoms with Gasteiger partial charge >= 0.3 is 0 Å². The number of hydrogen-bond donors (Lipinski definition) is 1. The first kappa shape index (κ1) is 15.4. The number of morpholine rings is 1. The molecule has 6 heteroatoms. The van der Waals surface area contributed by atoms with Crippen LogP contribution in [0.1, 0.15) is 6.92 Å². The number of nitrogens with one attached hydrogen (secondary N) is 1. The first-order valence-corrected chi connectivity index (χ1v) is 8.54. The molecule has 0 aromatic carbocycles. The molecule has 112 valence electrons. The van der Waals surface area contributed by atoms with Gasteiger partial charge in [-0.3, -0.25) is 4.90 Å². The van der Waals surface area contributed by atoms with Crippen molar-refractivity contribution in [1.82, 2.24) is 9.62 Å². The Morgan fingerprint density at radius 2 is 2.10 bits per heavy atom. The molecule has 0 amide bonds. The molecule has 2 aliphatic rings. The highest BCUT2D eigenvalue weighted by molar-refractivity contribution is 7.89. The minimum atomic E-state index is -3.27. The molecule has 1 heterocycles. The molecule has 2 rings (SSSR count). The van der Waals surface area contributed by atoms with Gasteiger partial charge in [0.1, 0.15) is 0 Å². The van der Waals surface area contributed by atoms with Crippen molar-refractivity contribution in [1.29, 1.82) is 0 Å². The lowest BCUT2D eigenvalue weighted by atomic mass is 10.2. The maximum atomic E-state index is 12.1. The summed E-state index contributed by atoms with van der Waals surface area (Å²) in [5.74, 6) is 0.123. The molecule has 0 aromatic heterocycles. The van der Waals surface area contributed by atoms with Gasteiger partial charge in [-0.2, -0.15) is 0 Å². The summed E-state index contributed by atoms with van der Waals surface area (Å²) in [4.78, 5) is 2.12. The Morgan fingerprint density at radius 3 is 2.85 bits per heavy atom. The van der Waals surface area contributed by atoms with E-state index in [1.54, 1.807) is 0 Å². The van der Waals surface area contributed by atoms with Crippen LogP contribution in [0.3, 0.4) is 0 Å². The second-order valence-corrected chi connectivity index (χ2v) is 6.94. The Balaban J connectivity index is 1.83. The van der Waals surface area contributed by atoms with Crippen molar-refractivity contribution in [2.45, 2.75) is 13.0 Å². The van der Waals surface area contributed by atoms with Crippen molar-refractivity contribution in [3.05, 3.63) is 36.0 Å². The summed E-state index contributed by atoms with van der Waals surface area (Å²) in [5, 5.41) is 0. The topological polar surface area (TPSA) is 58.6 Å². The fraction of sp³-hybridized carbons (Fsp3) is 0.571. The summed E-state index contributed by atoms with van der Waals surface area (Å²) in [5.41, 5.74) is 1.11. The smallest absolute Gasteiger partial charge is 0.213 e. The third-order valence-electron chi connectivity index (χ3n) is 3.34. The summed E-state index contributed by atoms with van der Waals surface area (Å²) >= 11 is 0. The number of hydrogen-bond acceptors (Lipinski definition) is 4. The highest BCUT2D eigenvalue weighted by atomic mass is 32.2. The largest absolute Gasteiger partial charge is 0.379 e. The fourth-order valence-corrected chi connectivity index (χ4v) is 3.31. The molecule has 5 nitrogen and oxygen atoms in total. The maximum absolute atomic E-state index is 12.1. The van der Waals surface area contributed by atoms with Crippen LogP contribution in [0.25, 0.3) is 0 Å². The van der Waals surface area contributed by atoms with Crippen LogP contribution in [-0.2, 0) is 14.8 Å². The van der Waals surface area contributed by atoms with Crippen molar-refractivity contribution in [2.24, 2.45) is 0 Å². The number of nitrogens with zero attached hydrogens (tertiary/aromatic N) is 1. The summed E-state index contributed by atoms with van der Waals surface area (Å²) in [6.07, 6.45) is 9.47. The zero-order valence-electron chi connectivity index (χ0n) is 11.8. The molecule has 20 heavy (non-hydrogen) atoms. The molecule has 0 radical (unpaired) electrons. The molecule has 0 aromatic rings. The number of sulfonamides is 1. The van der Waals surface area contributed by atoms with Crippen LogP contribution in [0.5, 0.6) is 0 Å². The molecule has 0 spiro atoms. The van der Waals surface area contributed by atoms with Gasteiger partial charge < -0.3 is 4.74 Å². The maximum Gasteiger partial charge on any atom is 0.213 e. The van der Waals surface area contributed by atoms with Gasteiger partial charge in [-0.1, -0.05) is 36.0 Å². The van der Waals surface area contributed by atoms with Gasteiger partial charge in [0.05, 0.1) is 25.0 Å². The number of allylic oxidation sites excluding steroid dienone is 4. The summed E-state index contributed by atoms with van der Waals surface area (Å²) in [6.45, 7) is 5.52. The zero-order chi connectivity index (χ0) is 14.4. The van der Waals surface area contributed by atoms with E-state index in [2.05, 4.69) is 9.62 Å². The highest BCUT2D eigenvalue weighted by Crippen LogP contribution is 2.05. The molecule has 1 aliphatic carbocycles. The molecule has 1 atom stereocenters. The summed E-state index contributed by atoms with van der Waals surface area (Å²) in [7, 11) is -3.27. The van der Waals surface area contributed by atoms with Crippen molar-refractivity contribution in [3.8, 4) is 0 Å². The van der Waals surface area contributed by atoms with Gasteiger partial charge in [0.2, 0.25) is 10.0 Å². The van der Waals surface area contributed by atoms with E-state index in [0.717, 1.165) is 18.7 Å². The Morgan fingerprint density at radius 1 is 1.35 bits per heavy atom. The van der Waals surface area contributed by atoms with Crippen LogP contribution in [0.2, 0.25) is 0 Å². The van der Waals surface area contributed by atoms with Gasteiger partial charge in [0, 0.05) is 19.6 Å². The predicted molar refractivity (Wildman–Crippen MR) is 80.0 cm³/mol. The number of rotatable bonds is 5. The van der Waals surface area contributed by atoms with E-state index in [9.17, 15) is 8.42 Å². The monoisotopic (exact) mass is 298 g/mol. The quantitative estimate of drug-likeness (QED) is 0.811. The lowest BCUT2D eigenvalue weighted by molar-refractivity contribution is 0.0408. The van der Waals surface area contributed by atoms with Crippen molar-refractivity contribution in [3.63, 3.8) is 0 Å². The molecule has 0 bridgehead atoms. The molecule has 1 saturated heterocycles. The van der Waals surface area contributed by atoms with Crippen molar-refractivity contribution in [2.75, 3.05) is 38.6 Å². The fourth-order valence-electron chi connectivity index (χ4n) is 2.12. The van der Waals surface area contributed by atoms with Gasteiger partial charge in [0.15, 0.2) is 0 Å². The summed E-state index contributed by atoms with van der Waals surface area (Å²) < 4.78 is 32.1. The zero-order valence-corrected chi connectivity index (χ0v) is 12.6. The van der Waals surface area contributed by atoms with Crippen molar-refractivity contribution >= 4 is 10.0 Å².